The number of fused-ring (bicyclic) bond motifs is 5. The van der Waals surface area contributed by atoms with Crippen molar-refractivity contribution in [1.82, 2.24) is 24.7 Å². The quantitative estimate of drug-likeness (QED) is 0.273. The Bertz CT molecular complexity index is 1910. The smallest absolute Gasteiger partial charge is 0.318 e. The van der Waals surface area contributed by atoms with E-state index in [1.165, 1.54) is 12.8 Å². The van der Waals surface area contributed by atoms with E-state index >= 15 is 0 Å². The van der Waals surface area contributed by atoms with E-state index < -0.39 is 0 Å². The van der Waals surface area contributed by atoms with Crippen LogP contribution in [0.25, 0.3) is 10.8 Å². The van der Waals surface area contributed by atoms with Gasteiger partial charge >= 0.3 is 6.01 Å². The molecule has 7 heterocycles. The summed E-state index contributed by atoms with van der Waals surface area (Å²) >= 11 is 6.79. The van der Waals surface area contributed by atoms with Crippen LogP contribution >= 0.6 is 11.6 Å². The van der Waals surface area contributed by atoms with Crippen LogP contribution in [0.4, 0.5) is 11.5 Å². The van der Waals surface area contributed by atoms with Gasteiger partial charge in [0, 0.05) is 68.5 Å². The first kappa shape index (κ1) is 34.8. The molecule has 2 unspecified atom stereocenters. The Hall–Kier alpha value is -3.95. The molecule has 1 aromatic heterocycles. The number of rotatable bonds is 9. The number of hydrogen-bond acceptors (Lipinski definition) is 10. The molecule has 6 aliphatic heterocycles. The lowest BCUT2D eigenvalue weighted by molar-refractivity contribution is -0.128. The average Bonchev–Trinajstić information content (AvgIpc) is 3.87. The van der Waals surface area contributed by atoms with Crippen LogP contribution in [-0.2, 0) is 22.5 Å². The van der Waals surface area contributed by atoms with Crippen molar-refractivity contribution in [2.75, 3.05) is 75.3 Å². The second kappa shape index (κ2) is 14.7. The van der Waals surface area contributed by atoms with E-state index in [9.17, 15) is 10.1 Å². The third kappa shape index (κ3) is 6.84. The van der Waals surface area contributed by atoms with Crippen LogP contribution in [0.2, 0.25) is 5.02 Å². The Morgan fingerprint density at radius 1 is 1.00 bits per heavy atom. The van der Waals surface area contributed by atoms with Crippen molar-refractivity contribution < 1.29 is 14.3 Å². The van der Waals surface area contributed by atoms with Crippen molar-refractivity contribution in [2.45, 2.75) is 81.7 Å². The first-order valence-electron chi connectivity index (χ1n) is 19.6. The molecule has 5 saturated heterocycles. The summed E-state index contributed by atoms with van der Waals surface area (Å²) in [4.78, 5) is 35.3. The van der Waals surface area contributed by atoms with Gasteiger partial charge in [-0.2, -0.15) is 15.2 Å². The zero-order valence-electron chi connectivity index (χ0n) is 30.5. The summed E-state index contributed by atoms with van der Waals surface area (Å²) in [7, 11) is 0. The van der Waals surface area contributed by atoms with Crippen molar-refractivity contribution in [3.8, 4) is 12.1 Å². The molecule has 12 heteroatoms. The Kier molecular flexibility index (Phi) is 9.65. The number of likely N-dealkylation sites (tertiary alicyclic amines) is 1. The maximum Gasteiger partial charge on any atom is 0.318 e. The third-order valence-corrected chi connectivity index (χ3v) is 12.9. The molecule has 0 N–H and O–H groups in total. The third-order valence-electron chi connectivity index (χ3n) is 12.6. The topological polar surface area (TPSA) is 101 Å². The number of benzene rings is 2. The number of aromatic nitrogens is 2. The fraction of sp³-hybridized carbons (Fsp3) is 0.561. The summed E-state index contributed by atoms with van der Waals surface area (Å²) in [5, 5.41) is 12.8. The Labute approximate surface area is 317 Å². The van der Waals surface area contributed by atoms with Crippen molar-refractivity contribution in [3.05, 3.63) is 64.8 Å². The number of nitriles is 1. The second-order valence-electron chi connectivity index (χ2n) is 15.8. The van der Waals surface area contributed by atoms with Crippen LogP contribution < -0.4 is 14.5 Å². The highest BCUT2D eigenvalue weighted by Gasteiger charge is 2.45. The molecule has 2 bridgehead atoms. The van der Waals surface area contributed by atoms with Gasteiger partial charge in [-0.25, -0.2) is 0 Å². The van der Waals surface area contributed by atoms with Crippen LogP contribution in [0.5, 0.6) is 6.01 Å². The Morgan fingerprint density at radius 2 is 1.79 bits per heavy atom. The summed E-state index contributed by atoms with van der Waals surface area (Å²) in [6, 6.07) is 14.9. The van der Waals surface area contributed by atoms with Gasteiger partial charge in [-0.1, -0.05) is 41.9 Å². The Balaban J connectivity index is 0.967. The number of carbonyl (C=O) groups excluding carboxylic acids is 1. The van der Waals surface area contributed by atoms with Gasteiger partial charge in [0.05, 0.1) is 53.5 Å². The lowest BCUT2D eigenvalue weighted by atomic mass is 9.95. The fourth-order valence-electron chi connectivity index (χ4n) is 9.98. The molecule has 3 aromatic rings. The summed E-state index contributed by atoms with van der Waals surface area (Å²) in [6.45, 7) is 8.52. The molecule has 6 aliphatic rings. The summed E-state index contributed by atoms with van der Waals surface area (Å²) < 4.78 is 12.6. The maximum atomic E-state index is 13.6. The highest BCUT2D eigenvalue weighted by molar-refractivity contribution is 6.36. The Morgan fingerprint density at radius 3 is 2.58 bits per heavy atom. The lowest BCUT2D eigenvalue weighted by Crippen LogP contribution is -2.55. The van der Waals surface area contributed by atoms with Crippen molar-refractivity contribution in [2.24, 2.45) is 0 Å². The van der Waals surface area contributed by atoms with Gasteiger partial charge < -0.3 is 24.2 Å². The van der Waals surface area contributed by atoms with Crippen molar-refractivity contribution in [1.29, 1.82) is 5.26 Å². The van der Waals surface area contributed by atoms with E-state index in [4.69, 9.17) is 31.0 Å². The molecule has 11 nitrogen and oxygen atoms in total. The van der Waals surface area contributed by atoms with Crippen molar-refractivity contribution in [3.63, 3.8) is 0 Å². The number of carbonyl (C=O) groups is 1. The molecule has 3 atom stereocenters. The van der Waals surface area contributed by atoms with Gasteiger partial charge in [0.2, 0.25) is 5.91 Å². The maximum absolute atomic E-state index is 13.6. The number of halogens is 1. The summed E-state index contributed by atoms with van der Waals surface area (Å²) in [5.74, 6) is 0.844. The average molecular weight is 737 g/mol. The van der Waals surface area contributed by atoms with Crippen LogP contribution in [0.15, 0.2) is 48.6 Å². The van der Waals surface area contributed by atoms with Gasteiger partial charge in [0.25, 0.3) is 0 Å². The fourth-order valence-corrected chi connectivity index (χ4v) is 10.3. The van der Waals surface area contributed by atoms with Crippen LogP contribution in [0, 0.1) is 11.3 Å². The first-order valence-corrected chi connectivity index (χ1v) is 20.0. The van der Waals surface area contributed by atoms with Crippen LogP contribution in [-0.4, -0.2) is 120 Å². The molecule has 0 aliphatic carbocycles. The molecule has 1 amide bonds. The number of piperazine rings is 1. The highest BCUT2D eigenvalue weighted by atomic mass is 35.5. The minimum Gasteiger partial charge on any atom is -0.461 e. The number of ether oxygens (including phenoxy) is 2. The van der Waals surface area contributed by atoms with E-state index in [1.54, 1.807) is 6.08 Å². The number of nitrogens with zero attached hydrogens (tertiary/aromatic N) is 8. The minimum absolute atomic E-state index is 0.0313. The number of hydrogen-bond donors (Lipinski definition) is 0. The number of amides is 1. The molecular weight excluding hydrogens is 688 g/mol. The summed E-state index contributed by atoms with van der Waals surface area (Å²) in [5.41, 5.74) is 3.26. The van der Waals surface area contributed by atoms with E-state index in [1.807, 2.05) is 23.1 Å². The van der Waals surface area contributed by atoms with Crippen LogP contribution in [0.1, 0.15) is 56.2 Å². The predicted octanol–water partition coefficient (Wildman–Crippen LogP) is 5.20. The molecule has 2 aromatic carbocycles. The van der Waals surface area contributed by atoms with E-state index in [0.29, 0.717) is 51.0 Å². The minimum atomic E-state index is -0.248. The van der Waals surface area contributed by atoms with E-state index in [2.05, 4.69) is 49.9 Å². The standard InChI is InChI=1S/C41H49ClN8O3/c42-34-8-1-6-29-7-2-9-36(38(29)34)47-21-14-33-35(27-47)44-40(52-28-41-15-4-19-49(41)20-5-16-41)45-39(33)48-22-23-50(30(24-48)13-17-43)37(51)10-3-18-46-25-31-11-12-32(26-46)53-31/h1-3,6-10,30-32H,4-5,11-16,18-28H2/b10-3+/t30-,31?,32?/m0/s1. The van der Waals surface area contributed by atoms with Crippen molar-refractivity contribution >= 4 is 39.8 Å². The monoisotopic (exact) mass is 736 g/mol. The molecule has 0 spiro atoms. The molecule has 0 saturated carbocycles. The van der Waals surface area contributed by atoms with Gasteiger partial charge in [-0.15, -0.1) is 0 Å². The van der Waals surface area contributed by atoms with E-state index in [-0.39, 0.29) is 23.9 Å². The number of morpholine rings is 1. The highest BCUT2D eigenvalue weighted by Crippen LogP contribution is 2.40. The van der Waals surface area contributed by atoms with Crippen LogP contribution in [0.3, 0.4) is 0 Å². The van der Waals surface area contributed by atoms with Gasteiger partial charge in [-0.3, -0.25) is 14.6 Å². The zero-order chi connectivity index (χ0) is 35.9. The summed E-state index contributed by atoms with van der Waals surface area (Å²) in [6.07, 6.45) is 12.3. The molecule has 278 valence electrons. The molecule has 53 heavy (non-hydrogen) atoms. The number of anilines is 2. The molecule has 0 radical (unpaired) electrons. The second-order valence-corrected chi connectivity index (χ2v) is 16.2. The van der Waals surface area contributed by atoms with E-state index in [0.717, 1.165) is 110 Å². The van der Waals surface area contributed by atoms with Gasteiger partial charge in [0.1, 0.15) is 12.4 Å². The molecule has 5 fully saturated rings. The predicted molar refractivity (Wildman–Crippen MR) is 205 cm³/mol. The molecular formula is C41H49ClN8O3. The van der Waals surface area contributed by atoms with Gasteiger partial charge in [0.15, 0.2) is 0 Å². The SMILES string of the molecule is N#CC[C@H]1CN(c2nc(OCC34CCCN3CCC4)nc3c2CCN(c2cccc4cccc(Cl)c24)C3)CCN1C(=O)/C=C/CN1CC2CCC(C1)O2. The molecule has 9 rings (SSSR count). The first-order chi connectivity index (χ1) is 26.0. The zero-order valence-corrected chi connectivity index (χ0v) is 31.2. The normalized spacial score (nSPS) is 25.6. The largest absolute Gasteiger partial charge is 0.461 e. The lowest BCUT2D eigenvalue weighted by Gasteiger charge is -2.42. The van der Waals surface area contributed by atoms with Gasteiger partial charge in [-0.05, 0) is 75.6 Å².